The Morgan fingerprint density at radius 3 is 2.84 bits per heavy atom. The van der Waals surface area contributed by atoms with E-state index in [0.717, 1.165) is 30.3 Å². The van der Waals surface area contributed by atoms with Gasteiger partial charge in [0.2, 0.25) is 5.13 Å². The fraction of sp³-hybridized carbons (Fsp3) is 0.750. The highest BCUT2D eigenvalue weighted by Crippen LogP contribution is 2.24. The van der Waals surface area contributed by atoms with Crippen LogP contribution in [0.15, 0.2) is 0 Å². The van der Waals surface area contributed by atoms with E-state index in [0.29, 0.717) is 6.54 Å². The van der Waals surface area contributed by atoms with Crippen LogP contribution in [0.1, 0.15) is 39.4 Å². The van der Waals surface area contributed by atoms with Gasteiger partial charge in [0.25, 0.3) is 0 Å². The molecule has 0 spiro atoms. The molecule has 6 nitrogen and oxygen atoms in total. The second kappa shape index (κ2) is 5.32. The molecule has 1 fully saturated rings. The Morgan fingerprint density at radius 2 is 2.26 bits per heavy atom. The number of hydrogen-bond acceptors (Lipinski definition) is 5. The predicted molar refractivity (Wildman–Crippen MR) is 76.4 cm³/mol. The molecule has 2 rings (SSSR count). The van der Waals surface area contributed by atoms with E-state index in [1.54, 1.807) is 4.90 Å². The van der Waals surface area contributed by atoms with Gasteiger partial charge >= 0.3 is 6.03 Å². The van der Waals surface area contributed by atoms with E-state index >= 15 is 0 Å². The van der Waals surface area contributed by atoms with Crippen molar-refractivity contribution in [3.8, 4) is 0 Å². The number of hydrogen-bond donors (Lipinski definition) is 2. The zero-order valence-electron chi connectivity index (χ0n) is 11.6. The van der Waals surface area contributed by atoms with Gasteiger partial charge in [-0.1, -0.05) is 20.8 Å². The second-order valence-electron chi connectivity index (χ2n) is 5.94. The summed E-state index contributed by atoms with van der Waals surface area (Å²) in [5.41, 5.74) is 5.28. The van der Waals surface area contributed by atoms with Gasteiger partial charge in [-0.05, 0) is 12.8 Å². The average Bonchev–Trinajstić information content (AvgIpc) is 2.77. The molecule has 7 heteroatoms. The number of aromatic nitrogens is 2. The summed E-state index contributed by atoms with van der Waals surface area (Å²) >= 11 is 1.37. The molecule has 1 atom stereocenters. The lowest BCUT2D eigenvalue weighted by atomic mass is 9.96. The van der Waals surface area contributed by atoms with Crippen LogP contribution < -0.4 is 11.1 Å². The van der Waals surface area contributed by atoms with E-state index in [1.165, 1.54) is 11.5 Å². The van der Waals surface area contributed by atoms with Crippen LogP contribution in [0.25, 0.3) is 0 Å². The Bertz CT molecular complexity index is 453. The number of urea groups is 1. The van der Waals surface area contributed by atoms with Crippen LogP contribution in [0, 0.1) is 0 Å². The molecule has 2 heterocycles. The summed E-state index contributed by atoms with van der Waals surface area (Å²) in [6.45, 7) is 7.66. The monoisotopic (exact) mass is 283 g/mol. The van der Waals surface area contributed by atoms with Crippen molar-refractivity contribution < 1.29 is 4.79 Å². The molecule has 0 aliphatic carbocycles. The molecule has 1 saturated heterocycles. The molecule has 1 aromatic rings. The number of amides is 2. The number of nitrogens with zero attached hydrogens (tertiary/aromatic N) is 3. The van der Waals surface area contributed by atoms with Crippen molar-refractivity contribution in [2.45, 2.75) is 45.1 Å². The third kappa shape index (κ3) is 3.56. The summed E-state index contributed by atoms with van der Waals surface area (Å²) < 4.78 is 4.37. The maximum atomic E-state index is 11.2. The van der Waals surface area contributed by atoms with E-state index in [4.69, 9.17) is 5.73 Å². The minimum absolute atomic E-state index is 0.0394. The molecule has 106 valence electrons. The number of piperidine rings is 1. The summed E-state index contributed by atoms with van der Waals surface area (Å²) in [5.74, 6) is 0.850. The molecular formula is C12H21N5OS. The first-order chi connectivity index (χ1) is 8.86. The number of nitrogens with two attached hydrogens (primary N) is 1. The minimum atomic E-state index is -0.348. The van der Waals surface area contributed by atoms with Gasteiger partial charge in [-0.25, -0.2) is 9.78 Å². The van der Waals surface area contributed by atoms with Crippen molar-refractivity contribution in [3.05, 3.63) is 5.82 Å². The molecule has 0 saturated carbocycles. The molecule has 19 heavy (non-hydrogen) atoms. The number of rotatable bonds is 2. The van der Waals surface area contributed by atoms with Crippen LogP contribution in [0.2, 0.25) is 0 Å². The third-order valence-corrected chi connectivity index (χ3v) is 3.80. The van der Waals surface area contributed by atoms with Gasteiger partial charge < -0.3 is 16.0 Å². The highest BCUT2D eigenvalue weighted by atomic mass is 32.1. The van der Waals surface area contributed by atoms with Gasteiger partial charge in [0.15, 0.2) is 0 Å². The summed E-state index contributed by atoms with van der Waals surface area (Å²) in [7, 11) is 0. The van der Waals surface area contributed by atoms with Gasteiger partial charge in [-0.3, -0.25) is 0 Å². The number of carbonyl (C=O) groups excluding carboxylic acids is 1. The second-order valence-corrected chi connectivity index (χ2v) is 6.69. The normalized spacial score (nSPS) is 20.4. The molecule has 1 aliphatic rings. The smallest absolute Gasteiger partial charge is 0.314 e. The Morgan fingerprint density at radius 1 is 1.53 bits per heavy atom. The van der Waals surface area contributed by atoms with Crippen LogP contribution >= 0.6 is 11.5 Å². The summed E-state index contributed by atoms with van der Waals surface area (Å²) in [6, 6.07) is -0.138. The summed E-state index contributed by atoms with van der Waals surface area (Å²) in [4.78, 5) is 17.4. The Labute approximate surface area is 117 Å². The molecule has 1 aliphatic heterocycles. The van der Waals surface area contributed by atoms with Gasteiger partial charge in [-0.15, -0.1) is 0 Å². The number of carbonyl (C=O) groups is 1. The first kappa shape index (κ1) is 14.0. The molecule has 0 radical (unpaired) electrons. The Balaban J connectivity index is 1.97. The van der Waals surface area contributed by atoms with Crippen LogP contribution in [-0.2, 0) is 5.41 Å². The van der Waals surface area contributed by atoms with Crippen molar-refractivity contribution >= 4 is 22.7 Å². The van der Waals surface area contributed by atoms with Gasteiger partial charge in [0.1, 0.15) is 5.82 Å². The maximum absolute atomic E-state index is 11.2. The molecule has 3 N–H and O–H groups in total. The molecule has 1 aromatic heterocycles. The SMILES string of the molecule is CC(C)(C)c1nsc(N[C@H]2CCCN(C(N)=O)C2)n1. The zero-order valence-corrected chi connectivity index (χ0v) is 12.5. The summed E-state index contributed by atoms with van der Waals surface area (Å²) in [6.07, 6.45) is 1.99. The number of primary amides is 1. The lowest BCUT2D eigenvalue weighted by molar-refractivity contribution is 0.192. The molecule has 2 amide bonds. The van der Waals surface area contributed by atoms with E-state index < -0.39 is 0 Å². The fourth-order valence-electron chi connectivity index (χ4n) is 2.06. The van der Waals surface area contributed by atoms with Crippen LogP contribution in [0.4, 0.5) is 9.93 Å². The van der Waals surface area contributed by atoms with Gasteiger partial charge in [0, 0.05) is 36.1 Å². The largest absolute Gasteiger partial charge is 0.356 e. The topological polar surface area (TPSA) is 84.1 Å². The van der Waals surface area contributed by atoms with Crippen molar-refractivity contribution in [2.24, 2.45) is 5.73 Å². The number of anilines is 1. The van der Waals surface area contributed by atoms with E-state index in [1.807, 2.05) is 0 Å². The predicted octanol–water partition coefficient (Wildman–Crippen LogP) is 1.79. The van der Waals surface area contributed by atoms with Crippen molar-refractivity contribution in [3.63, 3.8) is 0 Å². The van der Waals surface area contributed by atoms with Crippen molar-refractivity contribution in [1.29, 1.82) is 0 Å². The van der Waals surface area contributed by atoms with Gasteiger partial charge in [-0.2, -0.15) is 4.37 Å². The van der Waals surface area contributed by atoms with E-state index in [9.17, 15) is 4.79 Å². The fourth-order valence-corrected chi connectivity index (χ4v) is 2.89. The Kier molecular flexibility index (Phi) is 3.93. The lowest BCUT2D eigenvalue weighted by Gasteiger charge is -2.31. The standard InChI is InChI=1S/C12H21N5OS/c1-12(2,3)9-15-11(19-16-9)14-8-5-4-6-17(7-8)10(13)18/h8H,4-7H2,1-3H3,(H2,13,18)(H,14,15,16)/t8-/m0/s1. The maximum Gasteiger partial charge on any atom is 0.314 e. The van der Waals surface area contributed by atoms with Crippen LogP contribution in [0.3, 0.4) is 0 Å². The number of nitrogens with one attached hydrogen (secondary N) is 1. The zero-order chi connectivity index (χ0) is 14.0. The lowest BCUT2D eigenvalue weighted by Crippen LogP contribution is -2.47. The van der Waals surface area contributed by atoms with Crippen molar-refractivity contribution in [1.82, 2.24) is 14.3 Å². The third-order valence-electron chi connectivity index (χ3n) is 3.16. The van der Waals surface area contributed by atoms with E-state index in [-0.39, 0.29) is 17.5 Å². The van der Waals surface area contributed by atoms with E-state index in [2.05, 4.69) is 35.4 Å². The van der Waals surface area contributed by atoms with Crippen LogP contribution in [-0.4, -0.2) is 39.4 Å². The Hall–Kier alpha value is -1.37. The quantitative estimate of drug-likeness (QED) is 0.866. The average molecular weight is 283 g/mol. The molecule has 0 aromatic carbocycles. The first-order valence-electron chi connectivity index (χ1n) is 6.51. The first-order valence-corrected chi connectivity index (χ1v) is 7.28. The van der Waals surface area contributed by atoms with Gasteiger partial charge in [0.05, 0.1) is 0 Å². The summed E-state index contributed by atoms with van der Waals surface area (Å²) in [5, 5.41) is 4.17. The highest BCUT2D eigenvalue weighted by molar-refractivity contribution is 7.09. The highest BCUT2D eigenvalue weighted by Gasteiger charge is 2.24. The molecular weight excluding hydrogens is 262 g/mol. The van der Waals surface area contributed by atoms with Crippen LogP contribution in [0.5, 0.6) is 0 Å². The minimum Gasteiger partial charge on any atom is -0.356 e. The molecule has 0 unspecified atom stereocenters. The van der Waals surface area contributed by atoms with Crippen molar-refractivity contribution in [2.75, 3.05) is 18.4 Å². The molecule has 0 bridgehead atoms. The number of likely N-dealkylation sites (tertiary alicyclic amines) is 1.